The van der Waals surface area contributed by atoms with Gasteiger partial charge in [-0.1, -0.05) is 24.3 Å². The highest BCUT2D eigenvalue weighted by Gasteiger charge is 2.24. The van der Waals surface area contributed by atoms with Crippen molar-refractivity contribution in [2.45, 2.75) is 77.4 Å². The van der Waals surface area contributed by atoms with Gasteiger partial charge in [0, 0.05) is 0 Å². The normalized spacial score (nSPS) is 19.0. The third kappa shape index (κ3) is 5.71. The first-order valence-electron chi connectivity index (χ1n) is 11.0. The number of ether oxygens (including phenoxy) is 2. The van der Waals surface area contributed by atoms with Crippen molar-refractivity contribution in [3.63, 3.8) is 0 Å². The fourth-order valence-corrected chi connectivity index (χ4v) is 4.11. The van der Waals surface area contributed by atoms with Crippen LogP contribution in [0.15, 0.2) is 48.5 Å². The van der Waals surface area contributed by atoms with Crippen LogP contribution in [0.3, 0.4) is 0 Å². The van der Waals surface area contributed by atoms with Crippen LogP contribution in [0.1, 0.15) is 97.1 Å². The van der Waals surface area contributed by atoms with Crippen LogP contribution >= 0.6 is 0 Å². The van der Waals surface area contributed by atoms with Crippen molar-refractivity contribution >= 4 is 11.9 Å². The van der Waals surface area contributed by atoms with Crippen molar-refractivity contribution < 1.29 is 19.1 Å². The van der Waals surface area contributed by atoms with E-state index in [1.807, 2.05) is 52.0 Å². The second kappa shape index (κ2) is 9.92. The summed E-state index contributed by atoms with van der Waals surface area (Å²) in [5, 5.41) is 0. The van der Waals surface area contributed by atoms with Crippen LogP contribution in [-0.2, 0) is 9.47 Å². The summed E-state index contributed by atoms with van der Waals surface area (Å²) in [4.78, 5) is 24.0. The molecular formula is C26H32O4. The number of carbonyl (C=O) groups excluding carboxylic acids is 2. The highest BCUT2D eigenvalue weighted by molar-refractivity contribution is 5.90. The Kier molecular flexibility index (Phi) is 7.30. The molecule has 0 amide bonds. The molecule has 2 aromatic carbocycles. The number of benzene rings is 2. The standard InChI is InChI=1S/C26H32O4/c1-17(2)29-25(27)23-13-9-21(10-14-23)19-5-7-20(8-6-19)22-11-15-24(16-12-22)26(28)30-18(3)4/h9-20H,5-8H2,1-4H3. The van der Waals surface area contributed by atoms with Crippen LogP contribution in [-0.4, -0.2) is 24.1 Å². The molecule has 4 heteroatoms. The zero-order valence-corrected chi connectivity index (χ0v) is 18.4. The summed E-state index contributed by atoms with van der Waals surface area (Å²) in [5.74, 6) is 0.524. The number of hydrogen-bond acceptors (Lipinski definition) is 4. The maximum absolute atomic E-state index is 12.0. The molecule has 0 radical (unpaired) electrons. The molecule has 0 aromatic heterocycles. The zero-order chi connectivity index (χ0) is 21.7. The summed E-state index contributed by atoms with van der Waals surface area (Å²) in [6, 6.07) is 15.8. The second-order valence-corrected chi connectivity index (χ2v) is 8.70. The van der Waals surface area contributed by atoms with Crippen molar-refractivity contribution in [2.75, 3.05) is 0 Å². The third-order valence-electron chi connectivity index (χ3n) is 5.65. The summed E-state index contributed by atoms with van der Waals surface area (Å²) in [5.41, 5.74) is 3.80. The first-order chi connectivity index (χ1) is 14.3. The van der Waals surface area contributed by atoms with E-state index in [0.717, 1.165) is 25.7 Å². The van der Waals surface area contributed by atoms with Crippen LogP contribution in [0, 0.1) is 0 Å². The summed E-state index contributed by atoms with van der Waals surface area (Å²) < 4.78 is 10.5. The van der Waals surface area contributed by atoms with Gasteiger partial charge in [-0.3, -0.25) is 0 Å². The van der Waals surface area contributed by atoms with Crippen molar-refractivity contribution in [1.82, 2.24) is 0 Å². The van der Waals surface area contributed by atoms with E-state index in [4.69, 9.17) is 9.47 Å². The Hall–Kier alpha value is -2.62. The van der Waals surface area contributed by atoms with E-state index in [2.05, 4.69) is 24.3 Å². The van der Waals surface area contributed by atoms with Crippen LogP contribution in [0.4, 0.5) is 0 Å². The van der Waals surface area contributed by atoms with Gasteiger partial charge in [-0.2, -0.15) is 0 Å². The minimum atomic E-state index is -0.263. The Balaban J connectivity index is 1.56. The molecule has 2 aromatic rings. The van der Waals surface area contributed by atoms with E-state index in [1.165, 1.54) is 11.1 Å². The first-order valence-corrected chi connectivity index (χ1v) is 11.0. The first kappa shape index (κ1) is 22.1. The van der Waals surface area contributed by atoms with E-state index < -0.39 is 0 Å². The Morgan fingerprint density at radius 3 is 1.20 bits per heavy atom. The fourth-order valence-electron chi connectivity index (χ4n) is 4.11. The van der Waals surface area contributed by atoms with Gasteiger partial charge in [0.1, 0.15) is 0 Å². The number of carbonyl (C=O) groups is 2. The van der Waals surface area contributed by atoms with Gasteiger partial charge in [-0.15, -0.1) is 0 Å². The molecule has 0 unspecified atom stereocenters. The van der Waals surface area contributed by atoms with E-state index in [9.17, 15) is 9.59 Å². The molecule has 0 saturated heterocycles. The summed E-state index contributed by atoms with van der Waals surface area (Å²) in [7, 11) is 0. The van der Waals surface area contributed by atoms with Crippen LogP contribution in [0.25, 0.3) is 0 Å². The lowest BCUT2D eigenvalue weighted by Crippen LogP contribution is -2.14. The number of hydrogen-bond donors (Lipinski definition) is 0. The number of rotatable bonds is 6. The van der Waals surface area contributed by atoms with Gasteiger partial charge in [0.05, 0.1) is 23.3 Å². The number of esters is 2. The smallest absolute Gasteiger partial charge is 0.338 e. The molecule has 1 saturated carbocycles. The highest BCUT2D eigenvalue weighted by Crippen LogP contribution is 2.40. The van der Waals surface area contributed by atoms with Crippen molar-refractivity contribution in [1.29, 1.82) is 0 Å². The lowest BCUT2D eigenvalue weighted by molar-refractivity contribution is 0.0367. The molecule has 30 heavy (non-hydrogen) atoms. The fraction of sp³-hybridized carbons (Fsp3) is 0.462. The van der Waals surface area contributed by atoms with Crippen molar-refractivity contribution in [3.05, 3.63) is 70.8 Å². The van der Waals surface area contributed by atoms with E-state index in [0.29, 0.717) is 23.0 Å². The second-order valence-electron chi connectivity index (χ2n) is 8.70. The molecule has 1 aliphatic rings. The van der Waals surface area contributed by atoms with Crippen LogP contribution in [0.2, 0.25) is 0 Å². The Bertz CT molecular complexity index is 768. The molecule has 0 heterocycles. The van der Waals surface area contributed by atoms with Gasteiger partial charge in [-0.05, 0) is 101 Å². The van der Waals surface area contributed by atoms with E-state index in [-0.39, 0.29) is 24.1 Å². The Morgan fingerprint density at radius 2 is 0.933 bits per heavy atom. The SMILES string of the molecule is CC(C)OC(=O)c1ccc(C2CCC(c3ccc(C(=O)OC(C)C)cc3)CC2)cc1. The predicted molar refractivity (Wildman–Crippen MR) is 118 cm³/mol. The Labute approximate surface area is 179 Å². The molecule has 0 spiro atoms. The summed E-state index contributed by atoms with van der Waals surface area (Å²) >= 11 is 0. The van der Waals surface area contributed by atoms with Crippen LogP contribution < -0.4 is 0 Å². The largest absolute Gasteiger partial charge is 0.459 e. The molecule has 0 aliphatic heterocycles. The van der Waals surface area contributed by atoms with Crippen molar-refractivity contribution in [2.24, 2.45) is 0 Å². The van der Waals surface area contributed by atoms with Gasteiger partial charge < -0.3 is 9.47 Å². The minimum absolute atomic E-state index is 0.109. The van der Waals surface area contributed by atoms with Gasteiger partial charge in [0.15, 0.2) is 0 Å². The molecule has 1 aliphatic carbocycles. The highest BCUT2D eigenvalue weighted by atomic mass is 16.5. The molecule has 1 fully saturated rings. The van der Waals surface area contributed by atoms with Gasteiger partial charge in [-0.25, -0.2) is 9.59 Å². The van der Waals surface area contributed by atoms with Gasteiger partial charge in [0.25, 0.3) is 0 Å². The average Bonchev–Trinajstić information content (AvgIpc) is 2.73. The molecule has 4 nitrogen and oxygen atoms in total. The molecule has 0 N–H and O–H groups in total. The third-order valence-corrected chi connectivity index (χ3v) is 5.65. The molecular weight excluding hydrogens is 376 g/mol. The Morgan fingerprint density at radius 1 is 0.633 bits per heavy atom. The summed E-state index contributed by atoms with van der Waals surface area (Å²) in [6.45, 7) is 7.43. The zero-order valence-electron chi connectivity index (χ0n) is 18.4. The quantitative estimate of drug-likeness (QED) is 0.530. The lowest BCUT2D eigenvalue weighted by Gasteiger charge is -2.29. The molecule has 3 rings (SSSR count). The topological polar surface area (TPSA) is 52.6 Å². The summed E-state index contributed by atoms with van der Waals surface area (Å²) in [6.07, 6.45) is 4.27. The van der Waals surface area contributed by atoms with E-state index in [1.54, 1.807) is 0 Å². The molecule has 160 valence electrons. The maximum Gasteiger partial charge on any atom is 0.338 e. The van der Waals surface area contributed by atoms with Crippen molar-refractivity contribution in [3.8, 4) is 0 Å². The maximum atomic E-state index is 12.0. The van der Waals surface area contributed by atoms with Crippen LogP contribution in [0.5, 0.6) is 0 Å². The monoisotopic (exact) mass is 408 g/mol. The molecule has 0 atom stereocenters. The average molecular weight is 409 g/mol. The minimum Gasteiger partial charge on any atom is -0.459 e. The van der Waals surface area contributed by atoms with E-state index >= 15 is 0 Å². The lowest BCUT2D eigenvalue weighted by atomic mass is 9.76. The predicted octanol–water partition coefficient (Wildman–Crippen LogP) is 6.26. The van der Waals surface area contributed by atoms with Gasteiger partial charge >= 0.3 is 11.9 Å². The molecule has 0 bridgehead atoms. The van der Waals surface area contributed by atoms with Gasteiger partial charge in [0.2, 0.25) is 0 Å².